The first kappa shape index (κ1) is 23.2. The van der Waals surface area contributed by atoms with Gasteiger partial charge in [0.25, 0.3) is 5.56 Å². The van der Waals surface area contributed by atoms with Crippen LogP contribution in [0.25, 0.3) is 10.9 Å². The maximum absolute atomic E-state index is 13.1. The van der Waals surface area contributed by atoms with Crippen molar-refractivity contribution in [1.29, 1.82) is 0 Å². The number of tetrazole rings is 1. The second kappa shape index (κ2) is 10.4. The van der Waals surface area contributed by atoms with Crippen LogP contribution >= 0.6 is 0 Å². The summed E-state index contributed by atoms with van der Waals surface area (Å²) in [6, 6.07) is 8.60. The Labute approximate surface area is 200 Å². The van der Waals surface area contributed by atoms with E-state index in [9.17, 15) is 4.79 Å². The summed E-state index contributed by atoms with van der Waals surface area (Å²) >= 11 is 0. The molecule has 182 valence electrons. The van der Waals surface area contributed by atoms with Crippen LogP contribution in [0.4, 0.5) is 0 Å². The van der Waals surface area contributed by atoms with Crippen molar-refractivity contribution in [1.82, 2.24) is 30.1 Å². The minimum absolute atomic E-state index is 0.0234. The zero-order valence-electron chi connectivity index (χ0n) is 20.4. The van der Waals surface area contributed by atoms with Crippen LogP contribution in [0.3, 0.4) is 0 Å². The van der Waals surface area contributed by atoms with Gasteiger partial charge in [-0.1, -0.05) is 44.4 Å². The SMILES string of the molecule is CCC[C@@H](c1nnnn1C1CCCC1)N(Cc1cc2cccc(C)c2[nH]c1=O)C[C@@H]1CCCO1. The molecule has 1 aliphatic carbocycles. The van der Waals surface area contributed by atoms with Gasteiger partial charge >= 0.3 is 0 Å². The van der Waals surface area contributed by atoms with Crippen LogP contribution in [0.5, 0.6) is 0 Å². The Morgan fingerprint density at radius 2 is 2.09 bits per heavy atom. The van der Waals surface area contributed by atoms with Crippen LogP contribution in [-0.2, 0) is 11.3 Å². The lowest BCUT2D eigenvalue weighted by molar-refractivity contribution is 0.0471. The number of hydrogen-bond donors (Lipinski definition) is 1. The second-order valence-electron chi connectivity index (χ2n) is 9.95. The maximum Gasteiger partial charge on any atom is 0.252 e. The average Bonchev–Trinajstić information content (AvgIpc) is 3.60. The monoisotopic (exact) mass is 464 g/mol. The van der Waals surface area contributed by atoms with Crippen molar-refractivity contribution in [3.05, 3.63) is 51.6 Å². The van der Waals surface area contributed by atoms with E-state index in [2.05, 4.69) is 43.1 Å². The van der Waals surface area contributed by atoms with Gasteiger partial charge in [0.15, 0.2) is 5.82 Å². The third-order valence-corrected chi connectivity index (χ3v) is 7.49. The molecule has 1 aromatic carbocycles. The van der Waals surface area contributed by atoms with Gasteiger partial charge in [0, 0.05) is 25.3 Å². The highest BCUT2D eigenvalue weighted by atomic mass is 16.5. The highest BCUT2D eigenvalue weighted by Crippen LogP contribution is 2.34. The van der Waals surface area contributed by atoms with Gasteiger partial charge < -0.3 is 9.72 Å². The standard InChI is InChI=1S/C26H36N6O2/c1-3-8-23(25-28-29-30-32(25)21-11-4-5-12-21)31(17-22-13-7-14-34-22)16-20-15-19-10-6-9-18(2)24(19)27-26(20)33/h6,9-10,15,21-23H,3-5,7-8,11-14,16-17H2,1-2H3,(H,27,33)/t22-,23-/m0/s1. The largest absolute Gasteiger partial charge is 0.377 e. The molecule has 1 saturated carbocycles. The second-order valence-corrected chi connectivity index (χ2v) is 9.95. The fourth-order valence-electron chi connectivity index (χ4n) is 5.69. The van der Waals surface area contributed by atoms with E-state index in [4.69, 9.17) is 4.74 Å². The Morgan fingerprint density at radius 3 is 2.85 bits per heavy atom. The van der Waals surface area contributed by atoms with Crippen LogP contribution in [0.15, 0.2) is 29.1 Å². The molecule has 0 unspecified atom stereocenters. The van der Waals surface area contributed by atoms with Gasteiger partial charge in [0.1, 0.15) is 0 Å². The van der Waals surface area contributed by atoms with E-state index < -0.39 is 0 Å². The van der Waals surface area contributed by atoms with Crippen LogP contribution in [0.2, 0.25) is 0 Å². The third-order valence-electron chi connectivity index (χ3n) is 7.49. The summed E-state index contributed by atoms with van der Waals surface area (Å²) in [5.74, 6) is 0.930. The van der Waals surface area contributed by atoms with E-state index in [1.54, 1.807) is 0 Å². The Morgan fingerprint density at radius 1 is 1.24 bits per heavy atom. The summed E-state index contributed by atoms with van der Waals surface area (Å²) in [6.07, 6.45) is 8.99. The number of benzene rings is 1. The maximum atomic E-state index is 13.1. The van der Waals surface area contributed by atoms with Crippen molar-refractivity contribution >= 4 is 10.9 Å². The van der Waals surface area contributed by atoms with Gasteiger partial charge in [-0.3, -0.25) is 9.69 Å². The number of aryl methyl sites for hydroxylation is 1. The normalized spacial score (nSPS) is 20.0. The zero-order valence-corrected chi connectivity index (χ0v) is 20.4. The van der Waals surface area contributed by atoms with Crippen LogP contribution in [0.1, 0.15) is 87.3 Å². The first-order valence-electron chi connectivity index (χ1n) is 12.9. The van der Waals surface area contributed by atoms with Crippen LogP contribution < -0.4 is 5.56 Å². The third kappa shape index (κ3) is 4.79. The smallest absolute Gasteiger partial charge is 0.252 e. The molecule has 1 saturated heterocycles. The number of aromatic amines is 1. The first-order valence-corrected chi connectivity index (χ1v) is 12.9. The molecule has 2 aliphatic rings. The molecule has 5 rings (SSSR count). The number of H-pyrrole nitrogens is 1. The molecule has 3 aromatic rings. The predicted molar refractivity (Wildman–Crippen MR) is 132 cm³/mol. The summed E-state index contributed by atoms with van der Waals surface area (Å²) in [5.41, 5.74) is 2.75. The molecule has 8 nitrogen and oxygen atoms in total. The topological polar surface area (TPSA) is 88.9 Å². The molecule has 1 N–H and O–H groups in total. The highest BCUT2D eigenvalue weighted by Gasteiger charge is 2.32. The Hall–Kier alpha value is -2.58. The van der Waals surface area contributed by atoms with Crippen molar-refractivity contribution in [2.75, 3.05) is 13.2 Å². The molecule has 2 fully saturated rings. The van der Waals surface area contributed by atoms with E-state index in [1.807, 2.05) is 25.1 Å². The molecular weight excluding hydrogens is 428 g/mol. The molecule has 34 heavy (non-hydrogen) atoms. The first-order chi connectivity index (χ1) is 16.6. The Bertz CT molecular complexity index is 1160. The minimum Gasteiger partial charge on any atom is -0.377 e. The molecule has 2 atom stereocenters. The number of fused-ring (bicyclic) bond motifs is 1. The van der Waals surface area contributed by atoms with Crippen molar-refractivity contribution in [3.8, 4) is 0 Å². The van der Waals surface area contributed by atoms with Crippen molar-refractivity contribution in [2.45, 2.75) is 89.9 Å². The number of nitrogens with one attached hydrogen (secondary N) is 1. The summed E-state index contributed by atoms with van der Waals surface area (Å²) < 4.78 is 8.10. The fourth-order valence-corrected chi connectivity index (χ4v) is 5.69. The van der Waals surface area contributed by atoms with Gasteiger partial charge in [-0.2, -0.15) is 0 Å². The van der Waals surface area contributed by atoms with E-state index in [0.29, 0.717) is 12.6 Å². The summed E-state index contributed by atoms with van der Waals surface area (Å²) in [7, 11) is 0. The number of nitrogens with zero attached hydrogens (tertiary/aromatic N) is 5. The molecule has 3 heterocycles. The molecule has 2 aromatic heterocycles. The van der Waals surface area contributed by atoms with Crippen molar-refractivity contribution in [3.63, 3.8) is 0 Å². The van der Waals surface area contributed by atoms with E-state index in [0.717, 1.165) is 79.5 Å². The molecule has 0 bridgehead atoms. The number of para-hydroxylation sites is 1. The highest BCUT2D eigenvalue weighted by molar-refractivity contribution is 5.81. The molecular formula is C26H36N6O2. The van der Waals surface area contributed by atoms with Gasteiger partial charge in [0.05, 0.1) is 23.7 Å². The van der Waals surface area contributed by atoms with E-state index in [1.165, 1.54) is 12.8 Å². The molecule has 0 radical (unpaired) electrons. The van der Waals surface area contributed by atoms with Crippen LogP contribution in [-0.4, -0.2) is 49.3 Å². The number of ether oxygens (including phenoxy) is 1. The number of pyridine rings is 1. The van der Waals surface area contributed by atoms with Gasteiger partial charge in [-0.25, -0.2) is 4.68 Å². The van der Waals surface area contributed by atoms with Crippen molar-refractivity contribution < 1.29 is 4.74 Å². The molecule has 0 spiro atoms. The van der Waals surface area contributed by atoms with Crippen LogP contribution in [0, 0.1) is 6.92 Å². The lowest BCUT2D eigenvalue weighted by Crippen LogP contribution is -2.38. The lowest BCUT2D eigenvalue weighted by atomic mass is 10.0. The molecule has 1 aliphatic heterocycles. The van der Waals surface area contributed by atoms with Gasteiger partial charge in [-0.15, -0.1) is 5.10 Å². The predicted octanol–water partition coefficient (Wildman–Crippen LogP) is 4.46. The van der Waals surface area contributed by atoms with E-state index >= 15 is 0 Å². The number of hydrogen-bond acceptors (Lipinski definition) is 6. The minimum atomic E-state index is -0.0234. The van der Waals surface area contributed by atoms with Gasteiger partial charge in [0.2, 0.25) is 0 Å². The van der Waals surface area contributed by atoms with E-state index in [-0.39, 0.29) is 17.7 Å². The average molecular weight is 465 g/mol. The summed E-state index contributed by atoms with van der Waals surface area (Å²) in [6.45, 7) is 6.36. The summed E-state index contributed by atoms with van der Waals surface area (Å²) in [5, 5.41) is 14.1. The number of aromatic nitrogens is 5. The lowest BCUT2D eigenvalue weighted by Gasteiger charge is -2.33. The Kier molecular flexibility index (Phi) is 7.06. The molecule has 0 amide bonds. The number of rotatable bonds is 9. The summed E-state index contributed by atoms with van der Waals surface area (Å²) in [4.78, 5) is 18.7. The van der Waals surface area contributed by atoms with Gasteiger partial charge in [-0.05, 0) is 66.5 Å². The fraction of sp³-hybridized carbons (Fsp3) is 0.615. The quantitative estimate of drug-likeness (QED) is 0.503. The van der Waals surface area contributed by atoms with Crippen molar-refractivity contribution in [2.24, 2.45) is 0 Å². The molecule has 8 heteroatoms. The zero-order chi connectivity index (χ0) is 23.5. The Balaban J connectivity index is 1.51.